The first-order chi connectivity index (χ1) is 9.53. The van der Waals surface area contributed by atoms with Gasteiger partial charge >= 0.3 is 0 Å². The van der Waals surface area contributed by atoms with Crippen LogP contribution in [0.3, 0.4) is 0 Å². The third-order valence-corrected chi connectivity index (χ3v) is 5.75. The summed E-state index contributed by atoms with van der Waals surface area (Å²) in [6.45, 7) is 5.03. The standard InChI is InChI=1S/C15H22N2O2S/c1-2-11-20(18,19)15-5-3-4-10-17(15)12-13-6-8-14(16)9-7-13/h2,6-9,15H,1,3-5,10-12,16H2. The largest absolute Gasteiger partial charge is 0.399 e. The zero-order chi connectivity index (χ0) is 14.6. The van der Waals surface area contributed by atoms with Crippen LogP contribution in [0.15, 0.2) is 36.9 Å². The van der Waals surface area contributed by atoms with E-state index >= 15 is 0 Å². The number of nitrogen functional groups attached to an aromatic ring is 1. The Labute approximate surface area is 121 Å². The molecule has 0 amide bonds. The summed E-state index contributed by atoms with van der Waals surface area (Å²) >= 11 is 0. The summed E-state index contributed by atoms with van der Waals surface area (Å²) in [5, 5.41) is -0.383. The van der Waals surface area contributed by atoms with Gasteiger partial charge in [0.15, 0.2) is 9.84 Å². The molecular weight excluding hydrogens is 272 g/mol. The van der Waals surface area contributed by atoms with Crippen molar-refractivity contribution < 1.29 is 8.42 Å². The molecule has 1 unspecified atom stereocenters. The molecule has 2 N–H and O–H groups in total. The van der Waals surface area contributed by atoms with Crippen molar-refractivity contribution in [3.8, 4) is 0 Å². The molecule has 2 rings (SSSR count). The van der Waals surface area contributed by atoms with Crippen LogP contribution in [0.4, 0.5) is 5.69 Å². The number of benzene rings is 1. The minimum absolute atomic E-state index is 0.0515. The van der Waals surface area contributed by atoms with Crippen molar-refractivity contribution in [1.29, 1.82) is 0 Å². The van der Waals surface area contributed by atoms with Gasteiger partial charge in [0.25, 0.3) is 0 Å². The van der Waals surface area contributed by atoms with Gasteiger partial charge in [0.05, 0.1) is 5.75 Å². The van der Waals surface area contributed by atoms with Gasteiger partial charge in [-0.05, 0) is 43.5 Å². The second-order valence-corrected chi connectivity index (χ2v) is 7.48. The molecule has 1 aromatic rings. The van der Waals surface area contributed by atoms with Crippen molar-refractivity contribution in [3.63, 3.8) is 0 Å². The second-order valence-electron chi connectivity index (χ2n) is 5.28. The van der Waals surface area contributed by atoms with Crippen LogP contribution in [0, 0.1) is 0 Å². The van der Waals surface area contributed by atoms with Crippen molar-refractivity contribution in [1.82, 2.24) is 4.90 Å². The maximum absolute atomic E-state index is 12.3. The van der Waals surface area contributed by atoms with Gasteiger partial charge in [-0.15, -0.1) is 6.58 Å². The summed E-state index contributed by atoms with van der Waals surface area (Å²) in [6.07, 6.45) is 4.21. The highest BCUT2D eigenvalue weighted by Crippen LogP contribution is 2.24. The monoisotopic (exact) mass is 294 g/mol. The van der Waals surface area contributed by atoms with Crippen LogP contribution in [-0.4, -0.2) is 31.0 Å². The van der Waals surface area contributed by atoms with E-state index in [0.717, 1.165) is 30.6 Å². The predicted molar refractivity (Wildman–Crippen MR) is 82.9 cm³/mol. The Morgan fingerprint density at radius 3 is 2.65 bits per heavy atom. The minimum atomic E-state index is -3.13. The summed E-state index contributed by atoms with van der Waals surface area (Å²) in [5.74, 6) is 0.0515. The number of sulfone groups is 1. The molecule has 0 bridgehead atoms. The van der Waals surface area contributed by atoms with Crippen molar-refractivity contribution >= 4 is 15.5 Å². The quantitative estimate of drug-likeness (QED) is 0.668. The van der Waals surface area contributed by atoms with E-state index in [-0.39, 0.29) is 11.1 Å². The number of piperidine rings is 1. The van der Waals surface area contributed by atoms with E-state index in [4.69, 9.17) is 5.73 Å². The highest BCUT2D eigenvalue weighted by molar-refractivity contribution is 7.92. The third-order valence-electron chi connectivity index (χ3n) is 3.68. The number of nitrogens with zero attached hydrogens (tertiary/aromatic N) is 1. The number of hydrogen-bond donors (Lipinski definition) is 1. The van der Waals surface area contributed by atoms with Crippen molar-refractivity contribution in [3.05, 3.63) is 42.5 Å². The highest BCUT2D eigenvalue weighted by atomic mass is 32.2. The number of likely N-dealkylation sites (tertiary alicyclic amines) is 1. The zero-order valence-electron chi connectivity index (χ0n) is 11.7. The number of hydrogen-bond acceptors (Lipinski definition) is 4. The molecule has 1 heterocycles. The Kier molecular flexibility index (Phi) is 4.83. The normalized spacial score (nSPS) is 20.7. The van der Waals surface area contributed by atoms with Crippen LogP contribution in [-0.2, 0) is 16.4 Å². The second kappa shape index (κ2) is 6.41. The average molecular weight is 294 g/mol. The lowest BCUT2D eigenvalue weighted by atomic mass is 10.1. The van der Waals surface area contributed by atoms with Gasteiger partial charge in [-0.3, -0.25) is 4.90 Å². The Hall–Kier alpha value is -1.33. The molecule has 5 heteroatoms. The predicted octanol–water partition coefficient (Wildman–Crippen LogP) is 2.18. The van der Waals surface area contributed by atoms with Gasteiger partial charge in [-0.2, -0.15) is 0 Å². The van der Waals surface area contributed by atoms with Crippen LogP contribution in [0.5, 0.6) is 0 Å². The van der Waals surface area contributed by atoms with E-state index in [2.05, 4.69) is 11.5 Å². The third kappa shape index (κ3) is 3.61. The number of rotatable bonds is 5. The molecule has 0 saturated carbocycles. The maximum Gasteiger partial charge on any atom is 0.169 e. The lowest BCUT2D eigenvalue weighted by Crippen LogP contribution is -2.44. The Bertz CT molecular complexity index is 552. The fourth-order valence-electron chi connectivity index (χ4n) is 2.68. The van der Waals surface area contributed by atoms with Gasteiger partial charge < -0.3 is 5.73 Å². The van der Waals surface area contributed by atoms with E-state index in [1.165, 1.54) is 6.08 Å². The molecule has 20 heavy (non-hydrogen) atoms. The van der Waals surface area contributed by atoms with E-state index in [0.29, 0.717) is 13.0 Å². The van der Waals surface area contributed by atoms with E-state index < -0.39 is 9.84 Å². The summed E-state index contributed by atoms with van der Waals surface area (Å²) in [6, 6.07) is 7.63. The lowest BCUT2D eigenvalue weighted by Gasteiger charge is -2.35. The van der Waals surface area contributed by atoms with Crippen molar-refractivity contribution in [2.45, 2.75) is 31.2 Å². The maximum atomic E-state index is 12.3. The number of anilines is 1. The molecule has 1 aliphatic rings. The van der Waals surface area contributed by atoms with E-state index in [1.54, 1.807) is 0 Å². The number of nitrogens with two attached hydrogens (primary N) is 1. The lowest BCUT2D eigenvalue weighted by molar-refractivity contribution is 0.190. The van der Waals surface area contributed by atoms with Crippen LogP contribution < -0.4 is 5.73 Å². The molecule has 1 aliphatic heterocycles. The van der Waals surface area contributed by atoms with Crippen LogP contribution in [0.2, 0.25) is 0 Å². The van der Waals surface area contributed by atoms with Crippen LogP contribution in [0.1, 0.15) is 24.8 Å². The smallest absolute Gasteiger partial charge is 0.169 e. The van der Waals surface area contributed by atoms with Crippen LogP contribution >= 0.6 is 0 Å². The Morgan fingerprint density at radius 2 is 2.00 bits per heavy atom. The first-order valence-electron chi connectivity index (χ1n) is 6.94. The molecule has 1 saturated heterocycles. The molecule has 1 fully saturated rings. The summed E-state index contributed by atoms with van der Waals surface area (Å²) in [5.41, 5.74) is 7.50. The molecular formula is C15H22N2O2S. The molecule has 1 aromatic carbocycles. The Morgan fingerprint density at radius 1 is 1.30 bits per heavy atom. The van der Waals surface area contributed by atoms with Crippen molar-refractivity contribution in [2.75, 3.05) is 18.0 Å². The fraction of sp³-hybridized carbons (Fsp3) is 0.467. The molecule has 4 nitrogen and oxygen atoms in total. The fourth-order valence-corrected chi connectivity index (χ4v) is 4.39. The molecule has 1 atom stereocenters. The van der Waals surface area contributed by atoms with E-state index in [9.17, 15) is 8.42 Å². The molecule has 0 radical (unpaired) electrons. The van der Waals surface area contributed by atoms with Gasteiger partial charge in [-0.25, -0.2) is 8.42 Å². The highest BCUT2D eigenvalue weighted by Gasteiger charge is 2.32. The van der Waals surface area contributed by atoms with Gasteiger partial charge in [0, 0.05) is 12.2 Å². The van der Waals surface area contributed by atoms with E-state index in [1.807, 2.05) is 24.3 Å². The summed E-state index contributed by atoms with van der Waals surface area (Å²) in [7, 11) is -3.13. The molecule has 0 aliphatic carbocycles. The first kappa shape index (κ1) is 15.1. The zero-order valence-corrected chi connectivity index (χ0v) is 12.5. The summed E-state index contributed by atoms with van der Waals surface area (Å²) in [4.78, 5) is 2.06. The molecule has 110 valence electrons. The van der Waals surface area contributed by atoms with Crippen molar-refractivity contribution in [2.24, 2.45) is 0 Å². The SMILES string of the molecule is C=CCS(=O)(=O)C1CCCCN1Cc1ccc(N)cc1. The first-order valence-corrected chi connectivity index (χ1v) is 8.65. The topological polar surface area (TPSA) is 63.4 Å². The molecule has 0 spiro atoms. The Balaban J connectivity index is 2.15. The average Bonchev–Trinajstić information content (AvgIpc) is 2.42. The molecule has 0 aromatic heterocycles. The van der Waals surface area contributed by atoms with Gasteiger partial charge in [0.2, 0.25) is 0 Å². The summed E-state index contributed by atoms with van der Waals surface area (Å²) < 4.78 is 24.6. The minimum Gasteiger partial charge on any atom is -0.399 e. The van der Waals surface area contributed by atoms with Gasteiger partial charge in [-0.1, -0.05) is 18.2 Å². The van der Waals surface area contributed by atoms with Gasteiger partial charge in [0.1, 0.15) is 5.37 Å². The van der Waals surface area contributed by atoms with Crippen LogP contribution in [0.25, 0.3) is 0 Å².